The summed E-state index contributed by atoms with van der Waals surface area (Å²) in [5.41, 5.74) is 5.94. The quantitative estimate of drug-likeness (QED) is 0.578. The molecule has 0 fully saturated rings. The van der Waals surface area contributed by atoms with Gasteiger partial charge in [-0.3, -0.25) is 10.2 Å². The maximum atomic E-state index is 12.6. The fourth-order valence-electron chi connectivity index (χ4n) is 1.72. The highest BCUT2D eigenvalue weighted by Gasteiger charge is 2.19. The van der Waals surface area contributed by atoms with E-state index in [0.717, 1.165) is 5.56 Å². The largest absolute Gasteiger partial charge is 0.382 e. The zero-order chi connectivity index (χ0) is 14.0. The van der Waals surface area contributed by atoms with Crippen LogP contribution < -0.4 is 11.2 Å². The highest BCUT2D eigenvalue weighted by atomic mass is 32.2. The van der Waals surface area contributed by atoms with Crippen molar-refractivity contribution in [3.05, 3.63) is 58.0 Å². The molecule has 1 aromatic carbocycles. The maximum Gasteiger partial charge on any atom is 0.198 e. The Kier molecular flexibility index (Phi) is 3.62. The minimum atomic E-state index is -1.67. The van der Waals surface area contributed by atoms with E-state index in [9.17, 15) is 9.00 Å². The predicted octanol–water partition coefficient (Wildman–Crippen LogP) is 1.13. The summed E-state index contributed by atoms with van der Waals surface area (Å²) in [6, 6.07) is 8.37. The van der Waals surface area contributed by atoms with Crippen molar-refractivity contribution in [3.8, 4) is 0 Å². The fraction of sp³-hybridized carbons (Fsp3) is 0.0769. The van der Waals surface area contributed by atoms with Crippen molar-refractivity contribution in [1.29, 1.82) is 5.41 Å². The molecule has 4 N–H and O–H groups in total. The van der Waals surface area contributed by atoms with Crippen molar-refractivity contribution in [2.75, 3.05) is 0 Å². The first kappa shape index (κ1) is 13.2. The van der Waals surface area contributed by atoms with Crippen LogP contribution in [0.5, 0.6) is 0 Å². The molecule has 0 amide bonds. The predicted molar refractivity (Wildman–Crippen MR) is 73.9 cm³/mol. The lowest BCUT2D eigenvalue weighted by Crippen LogP contribution is -2.22. The van der Waals surface area contributed by atoms with Gasteiger partial charge in [0, 0.05) is 17.2 Å². The van der Waals surface area contributed by atoms with Crippen LogP contribution in [-0.4, -0.2) is 15.0 Å². The van der Waals surface area contributed by atoms with Crippen LogP contribution in [0.3, 0.4) is 0 Å². The zero-order valence-electron chi connectivity index (χ0n) is 10.3. The number of amidine groups is 1. The van der Waals surface area contributed by atoms with E-state index < -0.39 is 16.2 Å². The molecule has 0 spiro atoms. The molecule has 1 atom stereocenters. The van der Waals surface area contributed by atoms with Gasteiger partial charge in [0.1, 0.15) is 16.4 Å². The number of nitrogen functional groups attached to an aromatic ring is 1. The minimum absolute atomic E-state index is 0.0179. The second-order valence-electron chi connectivity index (χ2n) is 3.99. The Morgan fingerprint density at radius 1 is 1.32 bits per heavy atom. The summed E-state index contributed by atoms with van der Waals surface area (Å²) in [5, 5.41) is 7.46. The fourth-order valence-corrected chi connectivity index (χ4v) is 3.11. The Morgan fingerprint density at radius 2 is 2.00 bits per heavy atom. The molecule has 1 unspecified atom stereocenters. The molecule has 0 aliphatic carbocycles. The van der Waals surface area contributed by atoms with E-state index in [2.05, 4.69) is 4.98 Å². The maximum absolute atomic E-state index is 12.6. The van der Waals surface area contributed by atoms with Gasteiger partial charge in [-0.05, 0) is 18.6 Å². The monoisotopic (exact) mass is 275 g/mol. The van der Waals surface area contributed by atoms with Gasteiger partial charge in [-0.15, -0.1) is 0 Å². The first-order chi connectivity index (χ1) is 9.02. The molecular formula is C13H13N3O2S. The highest BCUT2D eigenvalue weighted by molar-refractivity contribution is 7.85. The summed E-state index contributed by atoms with van der Waals surface area (Å²) in [6.07, 6.45) is 1.39. The topological polar surface area (TPSA) is 99.8 Å². The number of aryl methyl sites for hydroxylation is 1. The van der Waals surface area contributed by atoms with Gasteiger partial charge in [0.05, 0.1) is 10.8 Å². The standard InChI is InChI=1S/C13H13N3O2S/c1-8-4-2-3-5-10(8)19(18)12-9(17)6-7-16-11(12)13(14)15/h2-7H,1H3,(H3,14,15)(H,16,17). The van der Waals surface area contributed by atoms with Gasteiger partial charge in [0.15, 0.2) is 5.43 Å². The van der Waals surface area contributed by atoms with Crippen LogP contribution in [0.15, 0.2) is 51.1 Å². The summed E-state index contributed by atoms with van der Waals surface area (Å²) in [4.78, 5) is 15.2. The molecule has 0 bridgehead atoms. The van der Waals surface area contributed by atoms with Gasteiger partial charge >= 0.3 is 0 Å². The number of aromatic amines is 1. The van der Waals surface area contributed by atoms with Gasteiger partial charge in [-0.25, -0.2) is 4.21 Å². The highest BCUT2D eigenvalue weighted by Crippen LogP contribution is 2.18. The van der Waals surface area contributed by atoms with Gasteiger partial charge in [0.2, 0.25) is 0 Å². The number of nitrogens with two attached hydrogens (primary N) is 1. The van der Waals surface area contributed by atoms with E-state index in [1.807, 2.05) is 19.1 Å². The van der Waals surface area contributed by atoms with Crippen LogP contribution in [-0.2, 0) is 10.8 Å². The average Bonchev–Trinajstić information content (AvgIpc) is 2.38. The lowest BCUT2D eigenvalue weighted by molar-refractivity contribution is 0.681. The summed E-state index contributed by atoms with van der Waals surface area (Å²) in [6.45, 7) is 1.82. The Morgan fingerprint density at radius 3 is 2.63 bits per heavy atom. The van der Waals surface area contributed by atoms with Crippen LogP contribution in [0, 0.1) is 12.3 Å². The van der Waals surface area contributed by atoms with Crippen LogP contribution in [0.4, 0.5) is 0 Å². The molecule has 0 radical (unpaired) electrons. The zero-order valence-corrected chi connectivity index (χ0v) is 11.1. The second-order valence-corrected chi connectivity index (χ2v) is 5.38. The van der Waals surface area contributed by atoms with Crippen LogP contribution in [0.1, 0.15) is 11.3 Å². The molecule has 98 valence electrons. The van der Waals surface area contributed by atoms with Crippen LogP contribution in [0.25, 0.3) is 0 Å². The third kappa shape index (κ3) is 2.48. The number of nitrogens with one attached hydrogen (secondary N) is 2. The molecule has 1 heterocycles. The van der Waals surface area contributed by atoms with E-state index in [-0.39, 0.29) is 16.4 Å². The molecule has 19 heavy (non-hydrogen) atoms. The second kappa shape index (κ2) is 5.19. The third-order valence-electron chi connectivity index (χ3n) is 2.66. The molecule has 6 heteroatoms. The lowest BCUT2D eigenvalue weighted by atomic mass is 10.2. The van der Waals surface area contributed by atoms with E-state index >= 15 is 0 Å². The molecular weight excluding hydrogens is 262 g/mol. The smallest absolute Gasteiger partial charge is 0.198 e. The summed E-state index contributed by atoms with van der Waals surface area (Å²) in [7, 11) is -1.67. The average molecular weight is 275 g/mol. The Hall–Kier alpha value is -2.21. The number of hydrogen-bond acceptors (Lipinski definition) is 3. The minimum Gasteiger partial charge on any atom is -0.382 e. The van der Waals surface area contributed by atoms with Gasteiger partial charge in [-0.2, -0.15) is 0 Å². The van der Waals surface area contributed by atoms with E-state index in [0.29, 0.717) is 4.90 Å². The lowest BCUT2D eigenvalue weighted by Gasteiger charge is -2.08. The van der Waals surface area contributed by atoms with Crippen LogP contribution >= 0.6 is 0 Å². The number of H-pyrrole nitrogens is 1. The SMILES string of the molecule is Cc1ccccc1S(=O)c1c(C(=N)N)[nH]ccc1=O. The molecule has 0 saturated heterocycles. The van der Waals surface area contributed by atoms with E-state index in [1.165, 1.54) is 12.3 Å². The molecule has 0 aliphatic heterocycles. The number of aromatic nitrogens is 1. The van der Waals surface area contributed by atoms with Crippen molar-refractivity contribution < 1.29 is 4.21 Å². The molecule has 1 aromatic heterocycles. The first-order valence-corrected chi connectivity index (χ1v) is 6.71. The van der Waals surface area contributed by atoms with Gasteiger partial charge in [0.25, 0.3) is 0 Å². The van der Waals surface area contributed by atoms with E-state index in [4.69, 9.17) is 11.1 Å². The Bertz CT molecular complexity index is 722. The summed E-state index contributed by atoms with van der Waals surface area (Å²) < 4.78 is 12.6. The Balaban J connectivity index is 2.66. The van der Waals surface area contributed by atoms with Crippen molar-refractivity contribution in [2.24, 2.45) is 5.73 Å². The number of rotatable bonds is 3. The van der Waals surface area contributed by atoms with E-state index in [1.54, 1.807) is 12.1 Å². The molecule has 0 saturated carbocycles. The number of pyridine rings is 1. The first-order valence-electron chi connectivity index (χ1n) is 5.56. The number of hydrogen-bond donors (Lipinski definition) is 3. The van der Waals surface area contributed by atoms with Crippen molar-refractivity contribution in [3.63, 3.8) is 0 Å². The summed E-state index contributed by atoms with van der Waals surface area (Å²) in [5.74, 6) is -0.311. The Labute approximate surface area is 112 Å². The van der Waals surface area contributed by atoms with Crippen molar-refractivity contribution in [1.82, 2.24) is 4.98 Å². The van der Waals surface area contributed by atoms with Gasteiger partial charge in [-0.1, -0.05) is 18.2 Å². The normalized spacial score (nSPS) is 12.1. The summed E-state index contributed by atoms with van der Waals surface area (Å²) >= 11 is 0. The van der Waals surface area contributed by atoms with Crippen molar-refractivity contribution in [2.45, 2.75) is 16.7 Å². The van der Waals surface area contributed by atoms with Gasteiger partial charge < -0.3 is 10.7 Å². The molecule has 5 nitrogen and oxygen atoms in total. The van der Waals surface area contributed by atoms with Crippen molar-refractivity contribution >= 4 is 16.6 Å². The van der Waals surface area contributed by atoms with Crippen LogP contribution in [0.2, 0.25) is 0 Å². The molecule has 0 aliphatic rings. The molecule has 2 aromatic rings. The molecule has 2 rings (SSSR count). The number of benzene rings is 1. The third-order valence-corrected chi connectivity index (χ3v) is 4.29.